The number of nitrogens with zero attached hydrogens (tertiary/aromatic N) is 3. The zero-order valence-electron chi connectivity index (χ0n) is 16.2. The monoisotopic (exact) mass is 479 g/mol. The second-order valence-corrected chi connectivity index (χ2v) is 6.76. The first-order valence-corrected chi connectivity index (χ1v) is 9.52. The Hall–Kier alpha value is -1.83. The van der Waals surface area contributed by atoms with Gasteiger partial charge in [-0.1, -0.05) is 35.9 Å². The number of hydrogen-bond donors (Lipinski definition) is 2. The van der Waals surface area contributed by atoms with Crippen LogP contribution in [0.1, 0.15) is 36.5 Å². The summed E-state index contributed by atoms with van der Waals surface area (Å²) in [4.78, 5) is 11.6. The van der Waals surface area contributed by atoms with Crippen LogP contribution in [0.5, 0.6) is 0 Å². The van der Waals surface area contributed by atoms with Gasteiger partial charge in [-0.05, 0) is 43.9 Å². The highest BCUT2D eigenvalue weighted by Crippen LogP contribution is 2.17. The summed E-state index contributed by atoms with van der Waals surface area (Å²) >= 11 is 0. The molecular weight excluding hydrogens is 449 g/mol. The molecule has 0 radical (unpaired) electrons. The van der Waals surface area contributed by atoms with Gasteiger partial charge in [-0.3, -0.25) is 0 Å². The normalized spacial score (nSPS) is 14.0. The molecule has 1 saturated heterocycles. The second kappa shape index (κ2) is 11.1. The molecule has 1 fully saturated rings. The van der Waals surface area contributed by atoms with Gasteiger partial charge in [-0.2, -0.15) is 0 Å². The third kappa shape index (κ3) is 6.68. The predicted octanol–water partition coefficient (Wildman–Crippen LogP) is 3.86. The van der Waals surface area contributed by atoms with Crippen LogP contribution >= 0.6 is 24.0 Å². The van der Waals surface area contributed by atoms with Gasteiger partial charge in [0.25, 0.3) is 0 Å². The fraction of sp³-hybridized carbons (Fsp3) is 0.429. The van der Waals surface area contributed by atoms with Crippen molar-refractivity contribution in [1.82, 2.24) is 15.6 Å². The van der Waals surface area contributed by atoms with Crippen molar-refractivity contribution in [2.45, 2.75) is 39.8 Å². The number of aromatic nitrogens is 1. The number of rotatable bonds is 6. The summed E-state index contributed by atoms with van der Waals surface area (Å²) in [6.07, 6.45) is 4.49. The standard InChI is InChI=1S/C21H29N5.HI/c1-3-22-21(24-14-18-8-6-7-17(2)13-18)25-16-19-9-10-20(23-15-19)26-11-4-5-12-26;/h6-10,13,15H,3-5,11-12,14,16H2,1-2H3,(H2,22,24,25);1H. The van der Waals surface area contributed by atoms with Crippen LogP contribution in [0.2, 0.25) is 0 Å². The van der Waals surface area contributed by atoms with Gasteiger partial charge in [0.05, 0.1) is 6.54 Å². The number of pyridine rings is 1. The molecule has 0 spiro atoms. The first-order chi connectivity index (χ1) is 12.7. The van der Waals surface area contributed by atoms with Gasteiger partial charge in [0.15, 0.2) is 5.96 Å². The quantitative estimate of drug-likeness (QED) is 0.376. The lowest BCUT2D eigenvalue weighted by Gasteiger charge is -2.16. The van der Waals surface area contributed by atoms with E-state index in [1.165, 1.54) is 24.0 Å². The van der Waals surface area contributed by atoms with Crippen LogP contribution in [-0.4, -0.2) is 30.6 Å². The van der Waals surface area contributed by atoms with E-state index in [0.717, 1.165) is 43.5 Å². The Morgan fingerprint density at radius 2 is 1.93 bits per heavy atom. The number of aliphatic imine (C=N–C) groups is 1. The molecular formula is C21H30IN5. The summed E-state index contributed by atoms with van der Waals surface area (Å²) < 4.78 is 0. The van der Waals surface area contributed by atoms with Crippen molar-refractivity contribution in [3.8, 4) is 0 Å². The Morgan fingerprint density at radius 1 is 1.11 bits per heavy atom. The highest BCUT2D eigenvalue weighted by molar-refractivity contribution is 14.0. The van der Waals surface area contributed by atoms with Crippen molar-refractivity contribution < 1.29 is 0 Å². The Bertz CT molecular complexity index is 724. The summed E-state index contributed by atoms with van der Waals surface area (Å²) in [6, 6.07) is 12.8. The van der Waals surface area contributed by atoms with Gasteiger partial charge < -0.3 is 15.5 Å². The van der Waals surface area contributed by atoms with E-state index < -0.39 is 0 Å². The summed E-state index contributed by atoms with van der Waals surface area (Å²) in [5, 5.41) is 6.70. The highest BCUT2D eigenvalue weighted by Gasteiger charge is 2.12. The summed E-state index contributed by atoms with van der Waals surface area (Å²) in [5.74, 6) is 1.91. The number of hydrogen-bond acceptors (Lipinski definition) is 3. The van der Waals surface area contributed by atoms with Gasteiger partial charge in [-0.25, -0.2) is 9.98 Å². The minimum atomic E-state index is 0. The fourth-order valence-corrected chi connectivity index (χ4v) is 3.16. The predicted molar refractivity (Wildman–Crippen MR) is 124 cm³/mol. The van der Waals surface area contributed by atoms with E-state index >= 15 is 0 Å². The molecule has 0 amide bonds. The molecule has 0 unspecified atom stereocenters. The number of anilines is 1. The Labute approximate surface area is 179 Å². The van der Waals surface area contributed by atoms with E-state index in [1.54, 1.807) is 0 Å². The van der Waals surface area contributed by atoms with Crippen LogP contribution in [0, 0.1) is 6.92 Å². The van der Waals surface area contributed by atoms with Crippen molar-refractivity contribution >= 4 is 35.8 Å². The zero-order valence-corrected chi connectivity index (χ0v) is 18.6. The molecule has 1 aromatic heterocycles. The van der Waals surface area contributed by atoms with E-state index in [4.69, 9.17) is 0 Å². The highest BCUT2D eigenvalue weighted by atomic mass is 127. The SMILES string of the molecule is CCNC(=NCc1ccc(N2CCCC2)nc1)NCc1cccc(C)c1.I. The van der Waals surface area contributed by atoms with Crippen molar-refractivity contribution in [3.05, 3.63) is 59.3 Å². The molecule has 0 bridgehead atoms. The Balaban J connectivity index is 0.00000261. The second-order valence-electron chi connectivity index (χ2n) is 6.76. The first-order valence-electron chi connectivity index (χ1n) is 9.52. The number of guanidine groups is 1. The van der Waals surface area contributed by atoms with Crippen LogP contribution in [0.4, 0.5) is 5.82 Å². The van der Waals surface area contributed by atoms with E-state index in [9.17, 15) is 0 Å². The van der Waals surface area contributed by atoms with E-state index in [2.05, 4.69) is 75.8 Å². The Kier molecular flexibility index (Phi) is 8.84. The molecule has 3 rings (SSSR count). The fourth-order valence-electron chi connectivity index (χ4n) is 3.16. The van der Waals surface area contributed by atoms with E-state index in [-0.39, 0.29) is 24.0 Å². The molecule has 1 aliphatic heterocycles. The molecule has 1 aromatic carbocycles. The maximum atomic E-state index is 4.69. The lowest BCUT2D eigenvalue weighted by Crippen LogP contribution is -2.36. The van der Waals surface area contributed by atoms with Gasteiger partial charge in [-0.15, -0.1) is 24.0 Å². The maximum Gasteiger partial charge on any atom is 0.191 e. The number of halogens is 1. The van der Waals surface area contributed by atoms with Crippen LogP contribution in [-0.2, 0) is 13.1 Å². The molecule has 2 N–H and O–H groups in total. The van der Waals surface area contributed by atoms with Gasteiger partial charge >= 0.3 is 0 Å². The van der Waals surface area contributed by atoms with Gasteiger partial charge in [0, 0.05) is 32.4 Å². The van der Waals surface area contributed by atoms with Crippen LogP contribution < -0.4 is 15.5 Å². The minimum Gasteiger partial charge on any atom is -0.357 e. The summed E-state index contributed by atoms with van der Waals surface area (Å²) in [5.41, 5.74) is 3.66. The molecule has 2 heterocycles. The minimum absolute atomic E-state index is 0. The average Bonchev–Trinajstić information content (AvgIpc) is 3.19. The largest absolute Gasteiger partial charge is 0.357 e. The zero-order chi connectivity index (χ0) is 18.2. The summed E-state index contributed by atoms with van der Waals surface area (Å²) in [7, 11) is 0. The molecule has 2 aromatic rings. The number of benzene rings is 1. The molecule has 5 nitrogen and oxygen atoms in total. The van der Waals surface area contributed by atoms with Crippen molar-refractivity contribution in [1.29, 1.82) is 0 Å². The maximum absolute atomic E-state index is 4.69. The number of aryl methyl sites for hydroxylation is 1. The third-order valence-corrected chi connectivity index (χ3v) is 4.55. The van der Waals surface area contributed by atoms with Crippen LogP contribution in [0.3, 0.4) is 0 Å². The molecule has 0 aliphatic carbocycles. The van der Waals surface area contributed by atoms with Crippen LogP contribution in [0.25, 0.3) is 0 Å². The third-order valence-electron chi connectivity index (χ3n) is 4.55. The van der Waals surface area contributed by atoms with Gasteiger partial charge in [0.1, 0.15) is 5.82 Å². The molecule has 1 aliphatic rings. The summed E-state index contributed by atoms with van der Waals surface area (Å²) in [6.45, 7) is 8.66. The molecule has 0 atom stereocenters. The van der Waals surface area contributed by atoms with Crippen molar-refractivity contribution in [3.63, 3.8) is 0 Å². The van der Waals surface area contributed by atoms with E-state index in [1.807, 2.05) is 6.20 Å². The van der Waals surface area contributed by atoms with Gasteiger partial charge in [0.2, 0.25) is 0 Å². The van der Waals surface area contributed by atoms with Crippen molar-refractivity contribution in [2.75, 3.05) is 24.5 Å². The molecule has 0 saturated carbocycles. The van der Waals surface area contributed by atoms with Crippen LogP contribution in [0.15, 0.2) is 47.6 Å². The first kappa shape index (κ1) is 21.5. The average molecular weight is 479 g/mol. The Morgan fingerprint density at radius 3 is 2.59 bits per heavy atom. The molecule has 6 heteroatoms. The molecule has 146 valence electrons. The molecule has 27 heavy (non-hydrogen) atoms. The topological polar surface area (TPSA) is 52.6 Å². The number of nitrogens with one attached hydrogen (secondary N) is 2. The smallest absolute Gasteiger partial charge is 0.191 e. The van der Waals surface area contributed by atoms with Crippen molar-refractivity contribution in [2.24, 2.45) is 4.99 Å². The lowest BCUT2D eigenvalue weighted by atomic mass is 10.1. The van der Waals surface area contributed by atoms with E-state index in [0.29, 0.717) is 6.54 Å². The lowest BCUT2D eigenvalue weighted by molar-refractivity contribution is 0.814.